The van der Waals surface area contributed by atoms with Gasteiger partial charge in [-0.25, -0.2) is 0 Å². The van der Waals surface area contributed by atoms with E-state index in [1.165, 1.54) is 12.3 Å². The SMILES string of the molecule is Cl.NC(=S)N=c1cccnn1O. The van der Waals surface area contributed by atoms with Crippen molar-refractivity contribution in [2.45, 2.75) is 0 Å². The Balaban J connectivity index is 0.00000121. The summed E-state index contributed by atoms with van der Waals surface area (Å²) in [5.74, 6) is 0. The summed E-state index contributed by atoms with van der Waals surface area (Å²) in [5.41, 5.74) is 5.31. The Bertz CT molecular complexity index is 336. The smallest absolute Gasteiger partial charge is 0.192 e. The van der Waals surface area contributed by atoms with Crippen LogP contribution in [0.1, 0.15) is 0 Å². The van der Waals surface area contributed by atoms with Gasteiger partial charge in [-0.05, 0) is 24.4 Å². The molecule has 3 N–H and O–H groups in total. The molecule has 0 aliphatic carbocycles. The minimum absolute atomic E-state index is 0. The molecule has 5 nitrogen and oxygen atoms in total. The first-order chi connectivity index (χ1) is 5.20. The van der Waals surface area contributed by atoms with Crippen molar-refractivity contribution in [2.75, 3.05) is 0 Å². The first-order valence-corrected chi connectivity index (χ1v) is 3.19. The fourth-order valence-electron chi connectivity index (χ4n) is 0.551. The van der Waals surface area contributed by atoms with Crippen LogP contribution in [0.3, 0.4) is 0 Å². The molecule has 0 saturated carbocycles. The molecule has 66 valence electrons. The summed E-state index contributed by atoms with van der Waals surface area (Å²) in [6.45, 7) is 0. The van der Waals surface area contributed by atoms with Crippen LogP contribution in [0.4, 0.5) is 0 Å². The maximum atomic E-state index is 8.96. The molecular weight excluding hydrogens is 200 g/mol. The van der Waals surface area contributed by atoms with Crippen molar-refractivity contribution in [2.24, 2.45) is 10.7 Å². The van der Waals surface area contributed by atoms with E-state index in [2.05, 4.69) is 22.3 Å². The van der Waals surface area contributed by atoms with Crippen molar-refractivity contribution in [3.05, 3.63) is 23.8 Å². The molecule has 0 spiro atoms. The van der Waals surface area contributed by atoms with Crippen LogP contribution in [0.2, 0.25) is 0 Å². The normalized spacial score (nSPS) is 10.5. The van der Waals surface area contributed by atoms with Crippen LogP contribution < -0.4 is 11.2 Å². The second kappa shape index (κ2) is 4.68. The molecule has 7 heteroatoms. The van der Waals surface area contributed by atoms with E-state index in [9.17, 15) is 0 Å². The minimum Gasteiger partial charge on any atom is -0.410 e. The van der Waals surface area contributed by atoms with Gasteiger partial charge in [-0.2, -0.15) is 4.99 Å². The van der Waals surface area contributed by atoms with Crippen molar-refractivity contribution < 1.29 is 5.21 Å². The van der Waals surface area contributed by atoms with Crippen LogP contribution >= 0.6 is 24.6 Å². The monoisotopic (exact) mass is 206 g/mol. The molecule has 0 saturated heterocycles. The lowest BCUT2D eigenvalue weighted by molar-refractivity contribution is 0.132. The number of nitrogens with zero attached hydrogens (tertiary/aromatic N) is 3. The zero-order valence-electron chi connectivity index (χ0n) is 5.91. The lowest BCUT2D eigenvalue weighted by Gasteiger charge is -1.93. The lowest BCUT2D eigenvalue weighted by Crippen LogP contribution is -2.23. The van der Waals surface area contributed by atoms with Crippen LogP contribution in [0.15, 0.2) is 23.3 Å². The Morgan fingerprint density at radius 1 is 1.75 bits per heavy atom. The van der Waals surface area contributed by atoms with Gasteiger partial charge in [-0.15, -0.1) is 17.5 Å². The zero-order valence-corrected chi connectivity index (χ0v) is 7.55. The van der Waals surface area contributed by atoms with Gasteiger partial charge in [0.2, 0.25) is 0 Å². The standard InChI is InChI=1S/C5H6N4OS.ClH/c6-5(11)8-4-2-1-3-7-9(4)10;/h1-3,10H,(H2,6,11);1H. The summed E-state index contributed by atoms with van der Waals surface area (Å²) in [6.07, 6.45) is 1.42. The van der Waals surface area contributed by atoms with Crippen molar-refractivity contribution in [3.63, 3.8) is 0 Å². The highest BCUT2D eigenvalue weighted by Crippen LogP contribution is 1.71. The molecule has 1 aromatic rings. The quantitative estimate of drug-likeness (QED) is 0.451. The fraction of sp³-hybridized carbons (Fsp3) is 0. The molecule has 1 heterocycles. The Kier molecular flexibility index (Phi) is 4.24. The molecule has 0 aliphatic rings. The van der Waals surface area contributed by atoms with Crippen LogP contribution in [0.25, 0.3) is 0 Å². The zero-order chi connectivity index (χ0) is 8.27. The van der Waals surface area contributed by atoms with Crippen LogP contribution in [-0.4, -0.2) is 20.3 Å². The van der Waals surface area contributed by atoms with Crippen molar-refractivity contribution >= 4 is 29.7 Å². The highest BCUT2D eigenvalue weighted by molar-refractivity contribution is 7.80. The molecule has 0 unspecified atom stereocenters. The number of thiocarbonyl (C=S) groups is 1. The number of hydrogen-bond donors (Lipinski definition) is 2. The van der Waals surface area contributed by atoms with E-state index in [0.29, 0.717) is 4.85 Å². The van der Waals surface area contributed by atoms with Crippen LogP contribution in [0.5, 0.6) is 0 Å². The molecule has 0 bridgehead atoms. The number of aromatic nitrogens is 2. The molecule has 0 radical (unpaired) electrons. The summed E-state index contributed by atoms with van der Waals surface area (Å²) < 4.78 is 0. The Hall–Kier alpha value is -1.14. The predicted octanol–water partition coefficient (Wildman–Crippen LogP) is -0.314. The summed E-state index contributed by atoms with van der Waals surface area (Å²) in [4.78, 5) is 4.22. The van der Waals surface area contributed by atoms with Crippen molar-refractivity contribution in [1.82, 2.24) is 9.94 Å². The Labute approximate surface area is 79.9 Å². The van der Waals surface area contributed by atoms with Crippen LogP contribution in [-0.2, 0) is 0 Å². The van der Waals surface area contributed by atoms with Crippen LogP contribution in [0, 0.1) is 0 Å². The van der Waals surface area contributed by atoms with Gasteiger partial charge in [-0.1, -0.05) is 4.85 Å². The maximum absolute atomic E-state index is 8.96. The average molecular weight is 207 g/mol. The van der Waals surface area contributed by atoms with Gasteiger partial charge in [0.05, 0.1) is 6.20 Å². The molecule has 0 aromatic carbocycles. The Morgan fingerprint density at radius 2 is 2.42 bits per heavy atom. The topological polar surface area (TPSA) is 76.4 Å². The highest BCUT2D eigenvalue weighted by atomic mass is 35.5. The van der Waals surface area contributed by atoms with E-state index in [1.807, 2.05) is 0 Å². The average Bonchev–Trinajstić information content (AvgIpc) is 1.93. The third kappa shape index (κ3) is 2.85. The summed E-state index contributed by atoms with van der Waals surface area (Å²) in [6, 6.07) is 3.15. The van der Waals surface area contributed by atoms with Gasteiger partial charge < -0.3 is 10.9 Å². The van der Waals surface area contributed by atoms with E-state index in [1.54, 1.807) is 6.07 Å². The fourth-order valence-corrected chi connectivity index (χ4v) is 0.645. The second-order valence-corrected chi connectivity index (χ2v) is 2.14. The van der Waals surface area contributed by atoms with Gasteiger partial charge in [0.25, 0.3) is 0 Å². The lowest BCUT2D eigenvalue weighted by atomic mass is 10.6. The molecule has 0 atom stereocenters. The molecular formula is C5H7ClN4OS. The number of hydrogen-bond acceptors (Lipinski definition) is 3. The van der Waals surface area contributed by atoms with E-state index in [4.69, 9.17) is 10.9 Å². The van der Waals surface area contributed by atoms with Crippen molar-refractivity contribution in [3.8, 4) is 0 Å². The first kappa shape index (κ1) is 10.9. The van der Waals surface area contributed by atoms with E-state index in [-0.39, 0.29) is 23.0 Å². The van der Waals surface area contributed by atoms with Gasteiger partial charge in [0.15, 0.2) is 10.6 Å². The van der Waals surface area contributed by atoms with Gasteiger partial charge in [0.1, 0.15) is 0 Å². The third-order valence-electron chi connectivity index (χ3n) is 0.937. The van der Waals surface area contributed by atoms with Gasteiger partial charge >= 0.3 is 0 Å². The van der Waals surface area contributed by atoms with E-state index >= 15 is 0 Å². The van der Waals surface area contributed by atoms with Gasteiger partial charge in [0, 0.05) is 0 Å². The molecule has 1 rings (SSSR count). The molecule has 0 fully saturated rings. The number of halogens is 1. The predicted molar refractivity (Wildman–Crippen MR) is 49.0 cm³/mol. The third-order valence-corrected chi connectivity index (χ3v) is 1.03. The Morgan fingerprint density at radius 3 is 2.92 bits per heavy atom. The second-order valence-electron chi connectivity index (χ2n) is 1.72. The molecule has 0 amide bonds. The van der Waals surface area contributed by atoms with E-state index in [0.717, 1.165) is 0 Å². The summed E-state index contributed by atoms with van der Waals surface area (Å²) >= 11 is 4.50. The van der Waals surface area contributed by atoms with Gasteiger partial charge in [-0.3, -0.25) is 0 Å². The highest BCUT2D eigenvalue weighted by Gasteiger charge is 1.87. The number of nitrogens with two attached hydrogens (primary N) is 1. The van der Waals surface area contributed by atoms with Crippen molar-refractivity contribution in [1.29, 1.82) is 0 Å². The minimum atomic E-state index is -0.0409. The number of rotatable bonds is 0. The largest absolute Gasteiger partial charge is 0.410 e. The molecule has 12 heavy (non-hydrogen) atoms. The summed E-state index contributed by atoms with van der Waals surface area (Å²) in [5, 5.41) is 12.4. The van der Waals surface area contributed by atoms with E-state index < -0.39 is 0 Å². The first-order valence-electron chi connectivity index (χ1n) is 2.78. The molecule has 0 aliphatic heterocycles. The molecule has 1 aromatic heterocycles. The summed E-state index contributed by atoms with van der Waals surface area (Å²) in [7, 11) is 0. The maximum Gasteiger partial charge on any atom is 0.192 e.